The summed E-state index contributed by atoms with van der Waals surface area (Å²) in [5.41, 5.74) is 2.19. The molecule has 1 aliphatic heterocycles. The molecule has 0 saturated carbocycles. The van der Waals surface area contributed by atoms with Crippen molar-refractivity contribution in [2.45, 2.75) is 49.7 Å². The number of thioether (sulfide) groups is 2. The van der Waals surface area contributed by atoms with Crippen LogP contribution in [0.3, 0.4) is 0 Å². The molecule has 2 rings (SSSR count). The van der Waals surface area contributed by atoms with E-state index in [-0.39, 0.29) is 6.10 Å². The van der Waals surface area contributed by atoms with Gasteiger partial charge in [-0.15, -0.1) is 0 Å². The Bertz CT molecular complexity index is 453. The molecule has 1 fully saturated rings. The summed E-state index contributed by atoms with van der Waals surface area (Å²) >= 11 is 7.59. The molecule has 0 spiro atoms. The summed E-state index contributed by atoms with van der Waals surface area (Å²) in [6.45, 7) is 4.33. The van der Waals surface area contributed by atoms with Crippen LogP contribution in [-0.4, -0.2) is 43.0 Å². The fourth-order valence-corrected chi connectivity index (χ4v) is 6.58. The fraction of sp³-hybridized carbons (Fsp3) is 0.786. The highest BCUT2D eigenvalue weighted by Crippen LogP contribution is 2.36. The Labute approximate surface area is 138 Å². The summed E-state index contributed by atoms with van der Waals surface area (Å²) in [7, 11) is 1.96. The Morgan fingerprint density at radius 1 is 1.40 bits per heavy atom. The summed E-state index contributed by atoms with van der Waals surface area (Å²) in [4.78, 5) is 0. The summed E-state index contributed by atoms with van der Waals surface area (Å²) in [6.07, 6.45) is 2.43. The zero-order chi connectivity index (χ0) is 14.7. The van der Waals surface area contributed by atoms with Crippen molar-refractivity contribution in [2.75, 3.05) is 11.5 Å². The summed E-state index contributed by atoms with van der Waals surface area (Å²) in [5.74, 6) is 2.36. The largest absolute Gasteiger partial charge is 0.392 e. The molecule has 2 heterocycles. The highest BCUT2D eigenvalue weighted by Gasteiger charge is 2.32. The lowest BCUT2D eigenvalue weighted by atomic mass is 10.1. The van der Waals surface area contributed by atoms with Crippen LogP contribution in [0.25, 0.3) is 0 Å². The number of aryl methyl sites for hydroxylation is 2. The van der Waals surface area contributed by atoms with Crippen LogP contribution < -0.4 is 0 Å². The molecule has 3 atom stereocenters. The van der Waals surface area contributed by atoms with Crippen molar-refractivity contribution >= 4 is 39.5 Å². The number of hydrogen-bond acceptors (Lipinski definition) is 4. The van der Waals surface area contributed by atoms with Gasteiger partial charge < -0.3 is 5.11 Å². The molecule has 0 radical (unpaired) electrons. The highest BCUT2D eigenvalue weighted by molar-refractivity contribution is 9.10. The van der Waals surface area contributed by atoms with Gasteiger partial charge in [0, 0.05) is 35.5 Å². The molecule has 0 aromatic carbocycles. The molecule has 20 heavy (non-hydrogen) atoms. The van der Waals surface area contributed by atoms with Crippen LogP contribution in [0.5, 0.6) is 0 Å². The van der Waals surface area contributed by atoms with Gasteiger partial charge >= 0.3 is 0 Å². The predicted molar refractivity (Wildman–Crippen MR) is 92.8 cm³/mol. The fourth-order valence-electron chi connectivity index (χ4n) is 2.65. The third-order valence-corrected chi connectivity index (χ3v) is 8.09. The van der Waals surface area contributed by atoms with Gasteiger partial charge in [-0.3, -0.25) is 4.68 Å². The number of aromatic nitrogens is 2. The lowest BCUT2D eigenvalue weighted by molar-refractivity contribution is 0.167. The lowest BCUT2D eigenvalue weighted by Gasteiger charge is -2.33. The summed E-state index contributed by atoms with van der Waals surface area (Å²) in [6, 6.07) is 0. The van der Waals surface area contributed by atoms with Gasteiger partial charge in [0.25, 0.3) is 0 Å². The second kappa shape index (κ2) is 7.56. The normalized spacial score (nSPS) is 24.9. The van der Waals surface area contributed by atoms with E-state index >= 15 is 0 Å². The number of rotatable bonds is 5. The maximum absolute atomic E-state index is 10.7. The van der Waals surface area contributed by atoms with Crippen molar-refractivity contribution in [3.05, 3.63) is 15.9 Å². The SMILES string of the molecule is CCc1nn(C)c(CC(O)C2SCCSC2CC)c1Br. The van der Waals surface area contributed by atoms with E-state index in [0.717, 1.165) is 34.5 Å². The monoisotopic (exact) mass is 378 g/mol. The van der Waals surface area contributed by atoms with Gasteiger partial charge in [-0.05, 0) is 28.8 Å². The van der Waals surface area contributed by atoms with E-state index in [9.17, 15) is 5.11 Å². The van der Waals surface area contributed by atoms with Gasteiger partial charge in [-0.1, -0.05) is 13.8 Å². The van der Waals surface area contributed by atoms with Crippen molar-refractivity contribution in [1.29, 1.82) is 0 Å². The second-order valence-corrected chi connectivity index (χ2v) is 8.53. The van der Waals surface area contributed by atoms with Crippen LogP contribution in [0.15, 0.2) is 4.47 Å². The molecule has 1 N–H and O–H groups in total. The maximum atomic E-state index is 10.7. The third-order valence-electron chi connectivity index (χ3n) is 3.78. The van der Waals surface area contributed by atoms with Crippen molar-refractivity contribution in [1.82, 2.24) is 9.78 Å². The number of halogens is 1. The number of aliphatic hydroxyl groups is 1. The van der Waals surface area contributed by atoms with E-state index < -0.39 is 0 Å². The molecule has 1 aromatic rings. The van der Waals surface area contributed by atoms with Crippen molar-refractivity contribution in [3.8, 4) is 0 Å². The first-order valence-electron chi connectivity index (χ1n) is 7.19. The first kappa shape index (κ1) is 16.7. The summed E-state index contributed by atoms with van der Waals surface area (Å²) < 4.78 is 2.98. The molecule has 3 nitrogen and oxygen atoms in total. The quantitative estimate of drug-likeness (QED) is 0.852. The number of nitrogens with zero attached hydrogens (tertiary/aromatic N) is 2. The van der Waals surface area contributed by atoms with Gasteiger partial charge in [0.2, 0.25) is 0 Å². The van der Waals surface area contributed by atoms with E-state index in [1.165, 1.54) is 5.75 Å². The third kappa shape index (κ3) is 3.57. The zero-order valence-electron chi connectivity index (χ0n) is 12.3. The Kier molecular flexibility index (Phi) is 6.32. The molecule has 0 aliphatic carbocycles. The first-order chi connectivity index (χ1) is 9.58. The molecule has 1 aliphatic rings. The van der Waals surface area contributed by atoms with E-state index in [1.807, 2.05) is 35.3 Å². The molecule has 3 unspecified atom stereocenters. The Morgan fingerprint density at radius 3 is 2.70 bits per heavy atom. The molecular formula is C14H23BrN2OS2. The maximum Gasteiger partial charge on any atom is 0.0766 e. The van der Waals surface area contributed by atoms with Gasteiger partial charge in [0.1, 0.15) is 0 Å². The van der Waals surface area contributed by atoms with Crippen molar-refractivity contribution in [3.63, 3.8) is 0 Å². The van der Waals surface area contributed by atoms with E-state index in [4.69, 9.17) is 0 Å². The minimum Gasteiger partial charge on any atom is -0.392 e. The molecule has 6 heteroatoms. The van der Waals surface area contributed by atoms with Gasteiger partial charge in [0.05, 0.1) is 22.0 Å². The molecule has 1 aromatic heterocycles. The summed E-state index contributed by atoms with van der Waals surface area (Å²) in [5, 5.41) is 16.1. The molecule has 1 saturated heterocycles. The van der Waals surface area contributed by atoms with E-state index in [0.29, 0.717) is 16.9 Å². The average molecular weight is 379 g/mol. The highest BCUT2D eigenvalue weighted by atomic mass is 79.9. The van der Waals surface area contributed by atoms with Crippen LogP contribution in [-0.2, 0) is 19.9 Å². The van der Waals surface area contributed by atoms with Crippen LogP contribution in [0, 0.1) is 0 Å². The first-order valence-corrected chi connectivity index (χ1v) is 10.1. The minimum absolute atomic E-state index is 0.297. The van der Waals surface area contributed by atoms with Crippen LogP contribution in [0.4, 0.5) is 0 Å². The average Bonchev–Trinajstić information content (AvgIpc) is 2.74. The smallest absolute Gasteiger partial charge is 0.0766 e. The van der Waals surface area contributed by atoms with Gasteiger partial charge in [0.15, 0.2) is 0 Å². The molecular weight excluding hydrogens is 356 g/mol. The Balaban J connectivity index is 2.10. The molecule has 0 bridgehead atoms. The van der Waals surface area contributed by atoms with Crippen LogP contribution >= 0.6 is 39.5 Å². The van der Waals surface area contributed by atoms with Gasteiger partial charge in [-0.25, -0.2) is 0 Å². The molecule has 0 amide bonds. The lowest BCUT2D eigenvalue weighted by Crippen LogP contribution is -2.37. The van der Waals surface area contributed by atoms with E-state index in [2.05, 4.69) is 34.9 Å². The van der Waals surface area contributed by atoms with Gasteiger partial charge in [-0.2, -0.15) is 28.6 Å². The second-order valence-electron chi connectivity index (χ2n) is 5.11. The topological polar surface area (TPSA) is 38.0 Å². The molecule has 114 valence electrons. The van der Waals surface area contributed by atoms with Crippen LogP contribution in [0.1, 0.15) is 31.7 Å². The number of hydrogen-bond donors (Lipinski definition) is 1. The van der Waals surface area contributed by atoms with E-state index in [1.54, 1.807) is 0 Å². The zero-order valence-corrected chi connectivity index (χ0v) is 15.5. The predicted octanol–water partition coefficient (Wildman–Crippen LogP) is 3.28. The number of aliphatic hydroxyl groups excluding tert-OH is 1. The van der Waals surface area contributed by atoms with Crippen LogP contribution in [0.2, 0.25) is 0 Å². The van der Waals surface area contributed by atoms with Crippen molar-refractivity contribution in [2.24, 2.45) is 7.05 Å². The minimum atomic E-state index is -0.297. The standard InChI is InChI=1S/C14H23BrN2OS2/c1-4-9-13(15)10(17(3)16-9)8-11(18)14-12(5-2)19-6-7-20-14/h11-12,14,18H,4-8H2,1-3H3. The Hall–Kier alpha value is 0.350. The Morgan fingerprint density at radius 2 is 2.10 bits per heavy atom. The van der Waals surface area contributed by atoms with Crippen molar-refractivity contribution < 1.29 is 5.11 Å².